The quantitative estimate of drug-likeness (QED) is 0.831. The number of aryl methyl sites for hydroxylation is 1. The predicted molar refractivity (Wildman–Crippen MR) is 84.1 cm³/mol. The summed E-state index contributed by atoms with van der Waals surface area (Å²) in [6.07, 6.45) is 7.70. The molecule has 0 radical (unpaired) electrons. The Morgan fingerprint density at radius 2 is 2.20 bits per heavy atom. The van der Waals surface area contributed by atoms with Gasteiger partial charge in [-0.1, -0.05) is 20.3 Å². The molecule has 1 aliphatic rings. The van der Waals surface area contributed by atoms with Gasteiger partial charge in [0.2, 0.25) is 0 Å². The van der Waals surface area contributed by atoms with E-state index in [1.54, 1.807) is 6.33 Å². The molecule has 0 aliphatic carbocycles. The van der Waals surface area contributed by atoms with Crippen molar-refractivity contribution < 1.29 is 0 Å². The molecule has 4 heteroatoms. The third-order valence-electron chi connectivity index (χ3n) is 3.91. The lowest BCUT2D eigenvalue weighted by atomic mass is 9.99. The number of hydrogen-bond acceptors (Lipinski definition) is 4. The summed E-state index contributed by atoms with van der Waals surface area (Å²) in [6.45, 7) is 8.95. The van der Waals surface area contributed by atoms with E-state index in [9.17, 15) is 0 Å². The van der Waals surface area contributed by atoms with E-state index in [1.807, 2.05) is 0 Å². The summed E-state index contributed by atoms with van der Waals surface area (Å²) in [5, 5.41) is 3.51. The van der Waals surface area contributed by atoms with Gasteiger partial charge in [-0.05, 0) is 44.7 Å². The minimum atomic E-state index is 0.750. The van der Waals surface area contributed by atoms with Crippen LogP contribution in [0, 0.1) is 5.92 Å². The van der Waals surface area contributed by atoms with Crippen molar-refractivity contribution in [2.45, 2.75) is 46.0 Å². The third kappa shape index (κ3) is 4.44. The Morgan fingerprint density at radius 1 is 1.30 bits per heavy atom. The van der Waals surface area contributed by atoms with Crippen molar-refractivity contribution in [3.05, 3.63) is 18.1 Å². The van der Waals surface area contributed by atoms with Crippen molar-refractivity contribution in [2.24, 2.45) is 5.92 Å². The molecule has 2 heterocycles. The first kappa shape index (κ1) is 15.2. The van der Waals surface area contributed by atoms with Crippen molar-refractivity contribution in [2.75, 3.05) is 31.1 Å². The van der Waals surface area contributed by atoms with Crippen LogP contribution in [0.15, 0.2) is 12.4 Å². The van der Waals surface area contributed by atoms with Crippen LogP contribution in [-0.2, 0) is 6.42 Å². The molecule has 20 heavy (non-hydrogen) atoms. The van der Waals surface area contributed by atoms with Gasteiger partial charge in [0.1, 0.15) is 12.1 Å². The first-order valence-corrected chi connectivity index (χ1v) is 8.10. The van der Waals surface area contributed by atoms with Gasteiger partial charge in [-0.25, -0.2) is 9.97 Å². The summed E-state index contributed by atoms with van der Waals surface area (Å²) in [6, 6.07) is 2.18. The average Bonchev–Trinajstić information content (AvgIpc) is 2.49. The smallest absolute Gasteiger partial charge is 0.132 e. The van der Waals surface area contributed by atoms with Crippen molar-refractivity contribution in [1.82, 2.24) is 15.3 Å². The molecule has 1 fully saturated rings. The molecule has 0 aromatic carbocycles. The SMILES string of the molecule is CCCc1cc(N(CCC)CC2CCCNC2)ncn1. The van der Waals surface area contributed by atoms with Crippen molar-refractivity contribution in [3.8, 4) is 0 Å². The maximum absolute atomic E-state index is 4.50. The van der Waals surface area contributed by atoms with Crippen molar-refractivity contribution in [1.29, 1.82) is 0 Å². The lowest BCUT2D eigenvalue weighted by molar-refractivity contribution is 0.376. The fraction of sp³-hybridized carbons (Fsp3) is 0.750. The Balaban J connectivity index is 2.04. The molecule has 1 aromatic rings. The molecule has 2 rings (SSSR count). The van der Waals surface area contributed by atoms with Crippen LogP contribution in [0.25, 0.3) is 0 Å². The lowest BCUT2D eigenvalue weighted by Gasteiger charge is -2.30. The van der Waals surface area contributed by atoms with Crippen molar-refractivity contribution >= 4 is 5.82 Å². The molecule has 0 saturated carbocycles. The number of aromatic nitrogens is 2. The van der Waals surface area contributed by atoms with Crippen LogP contribution >= 0.6 is 0 Å². The fourth-order valence-corrected chi connectivity index (χ4v) is 2.91. The number of nitrogens with one attached hydrogen (secondary N) is 1. The van der Waals surface area contributed by atoms with Crippen LogP contribution < -0.4 is 10.2 Å². The Morgan fingerprint density at radius 3 is 2.90 bits per heavy atom. The van der Waals surface area contributed by atoms with E-state index < -0.39 is 0 Å². The monoisotopic (exact) mass is 276 g/mol. The van der Waals surface area contributed by atoms with Crippen LogP contribution in [0.4, 0.5) is 5.82 Å². The van der Waals surface area contributed by atoms with E-state index in [0.29, 0.717) is 0 Å². The lowest BCUT2D eigenvalue weighted by Crippen LogP contribution is -2.39. The highest BCUT2D eigenvalue weighted by molar-refractivity contribution is 5.39. The van der Waals surface area contributed by atoms with Gasteiger partial charge in [-0.2, -0.15) is 0 Å². The first-order valence-electron chi connectivity index (χ1n) is 8.10. The summed E-state index contributed by atoms with van der Waals surface area (Å²) < 4.78 is 0. The maximum atomic E-state index is 4.50. The van der Waals surface area contributed by atoms with Gasteiger partial charge in [0.15, 0.2) is 0 Å². The molecule has 1 atom stereocenters. The topological polar surface area (TPSA) is 41.0 Å². The molecule has 112 valence electrons. The Hall–Kier alpha value is -1.16. The van der Waals surface area contributed by atoms with E-state index in [-0.39, 0.29) is 0 Å². The number of hydrogen-bond donors (Lipinski definition) is 1. The number of piperidine rings is 1. The second kappa shape index (κ2) is 8.20. The molecular formula is C16H28N4. The second-order valence-electron chi connectivity index (χ2n) is 5.78. The van der Waals surface area contributed by atoms with E-state index in [0.717, 1.165) is 50.6 Å². The van der Waals surface area contributed by atoms with Gasteiger partial charge in [-0.3, -0.25) is 0 Å². The second-order valence-corrected chi connectivity index (χ2v) is 5.78. The largest absolute Gasteiger partial charge is 0.356 e. The Bertz CT molecular complexity index is 388. The molecule has 1 saturated heterocycles. The molecule has 4 nitrogen and oxygen atoms in total. The van der Waals surface area contributed by atoms with Gasteiger partial charge >= 0.3 is 0 Å². The zero-order chi connectivity index (χ0) is 14.2. The number of anilines is 1. The van der Waals surface area contributed by atoms with E-state index in [4.69, 9.17) is 0 Å². The van der Waals surface area contributed by atoms with Crippen LogP contribution in [0.5, 0.6) is 0 Å². The van der Waals surface area contributed by atoms with Gasteiger partial charge < -0.3 is 10.2 Å². The van der Waals surface area contributed by atoms with Crippen LogP contribution in [-0.4, -0.2) is 36.1 Å². The maximum Gasteiger partial charge on any atom is 0.132 e. The van der Waals surface area contributed by atoms with E-state index in [1.165, 1.54) is 25.1 Å². The molecule has 0 spiro atoms. The highest BCUT2D eigenvalue weighted by atomic mass is 15.2. The highest BCUT2D eigenvalue weighted by Gasteiger charge is 2.18. The summed E-state index contributed by atoms with van der Waals surface area (Å²) in [4.78, 5) is 11.3. The highest BCUT2D eigenvalue weighted by Crippen LogP contribution is 2.18. The van der Waals surface area contributed by atoms with Crippen LogP contribution in [0.1, 0.15) is 45.2 Å². The zero-order valence-corrected chi connectivity index (χ0v) is 12.9. The van der Waals surface area contributed by atoms with E-state index >= 15 is 0 Å². The van der Waals surface area contributed by atoms with Gasteiger partial charge in [0.25, 0.3) is 0 Å². The molecule has 0 amide bonds. The van der Waals surface area contributed by atoms with Crippen molar-refractivity contribution in [3.63, 3.8) is 0 Å². The predicted octanol–water partition coefficient (Wildman–Crippen LogP) is 2.65. The standard InChI is InChI=1S/C16H28N4/c1-3-6-15-10-16(19-13-18-15)20(9-4-2)12-14-7-5-8-17-11-14/h10,13-14,17H,3-9,11-12H2,1-2H3. The summed E-state index contributed by atoms with van der Waals surface area (Å²) in [7, 11) is 0. The van der Waals surface area contributed by atoms with E-state index in [2.05, 4.69) is 40.1 Å². The molecule has 1 N–H and O–H groups in total. The average molecular weight is 276 g/mol. The fourth-order valence-electron chi connectivity index (χ4n) is 2.91. The van der Waals surface area contributed by atoms with Gasteiger partial charge in [0.05, 0.1) is 0 Å². The minimum Gasteiger partial charge on any atom is -0.356 e. The summed E-state index contributed by atoms with van der Waals surface area (Å²) in [5.41, 5.74) is 1.17. The van der Waals surface area contributed by atoms with Gasteiger partial charge in [-0.15, -0.1) is 0 Å². The number of nitrogens with zero attached hydrogens (tertiary/aromatic N) is 3. The Labute approximate surface area is 123 Å². The zero-order valence-electron chi connectivity index (χ0n) is 12.9. The van der Waals surface area contributed by atoms with Gasteiger partial charge in [0, 0.05) is 24.8 Å². The first-order chi connectivity index (χ1) is 9.83. The molecule has 1 unspecified atom stereocenters. The molecule has 1 aromatic heterocycles. The normalized spacial score (nSPS) is 19.0. The summed E-state index contributed by atoms with van der Waals surface area (Å²) in [5.74, 6) is 1.86. The molecule has 1 aliphatic heterocycles. The van der Waals surface area contributed by atoms with Crippen LogP contribution in [0.2, 0.25) is 0 Å². The third-order valence-corrected chi connectivity index (χ3v) is 3.91. The molecular weight excluding hydrogens is 248 g/mol. The van der Waals surface area contributed by atoms with Crippen LogP contribution in [0.3, 0.4) is 0 Å². The molecule has 0 bridgehead atoms. The minimum absolute atomic E-state index is 0.750. The number of rotatable bonds is 7. The Kier molecular flexibility index (Phi) is 6.25. The summed E-state index contributed by atoms with van der Waals surface area (Å²) >= 11 is 0.